The molecule has 0 radical (unpaired) electrons. The maximum atomic E-state index is 12.3. The SMILES string of the molecule is CCOc1ccc(Oc2ccccc2NC(=O)CCC2CCNC2)cc1.Cl. The number of hydrogen-bond donors (Lipinski definition) is 2. The number of carbonyl (C=O) groups excluding carboxylic acids is 1. The van der Waals surface area contributed by atoms with Crippen LogP contribution in [-0.4, -0.2) is 25.6 Å². The number of nitrogens with one attached hydrogen (secondary N) is 2. The zero-order valence-corrected chi connectivity index (χ0v) is 16.4. The number of amides is 1. The Hall–Kier alpha value is -2.24. The molecule has 1 amide bonds. The van der Waals surface area contributed by atoms with Gasteiger partial charge >= 0.3 is 0 Å². The van der Waals surface area contributed by atoms with Gasteiger partial charge in [-0.25, -0.2) is 0 Å². The van der Waals surface area contributed by atoms with Gasteiger partial charge in [-0.15, -0.1) is 12.4 Å². The van der Waals surface area contributed by atoms with Crippen molar-refractivity contribution in [1.29, 1.82) is 0 Å². The van der Waals surface area contributed by atoms with Gasteiger partial charge in [-0.1, -0.05) is 12.1 Å². The van der Waals surface area contributed by atoms with Crippen LogP contribution in [0.5, 0.6) is 17.2 Å². The minimum Gasteiger partial charge on any atom is -0.494 e. The molecule has 0 aromatic heterocycles. The molecular weight excluding hydrogens is 364 g/mol. The van der Waals surface area contributed by atoms with Crippen LogP contribution in [0.15, 0.2) is 48.5 Å². The molecule has 5 nitrogen and oxygen atoms in total. The summed E-state index contributed by atoms with van der Waals surface area (Å²) in [5.41, 5.74) is 0.691. The van der Waals surface area contributed by atoms with E-state index in [9.17, 15) is 4.79 Å². The van der Waals surface area contributed by atoms with Gasteiger partial charge in [0.1, 0.15) is 11.5 Å². The molecule has 6 heteroatoms. The molecule has 3 rings (SSSR count). The molecule has 27 heavy (non-hydrogen) atoms. The van der Waals surface area contributed by atoms with Crippen molar-refractivity contribution in [3.63, 3.8) is 0 Å². The van der Waals surface area contributed by atoms with E-state index in [-0.39, 0.29) is 18.3 Å². The van der Waals surface area contributed by atoms with E-state index < -0.39 is 0 Å². The average Bonchev–Trinajstić information content (AvgIpc) is 3.17. The summed E-state index contributed by atoms with van der Waals surface area (Å²) in [6.45, 7) is 4.66. The molecule has 2 aromatic rings. The number of hydrogen-bond acceptors (Lipinski definition) is 4. The summed E-state index contributed by atoms with van der Waals surface area (Å²) >= 11 is 0. The number of anilines is 1. The van der Waals surface area contributed by atoms with Gasteiger partial charge in [0.25, 0.3) is 0 Å². The van der Waals surface area contributed by atoms with Gasteiger partial charge in [0.05, 0.1) is 12.3 Å². The monoisotopic (exact) mass is 390 g/mol. The zero-order chi connectivity index (χ0) is 18.2. The molecule has 1 unspecified atom stereocenters. The van der Waals surface area contributed by atoms with Gasteiger partial charge in [0.15, 0.2) is 5.75 Å². The molecule has 1 atom stereocenters. The van der Waals surface area contributed by atoms with Crippen LogP contribution >= 0.6 is 12.4 Å². The summed E-state index contributed by atoms with van der Waals surface area (Å²) in [4.78, 5) is 12.3. The molecule has 1 saturated heterocycles. The molecule has 146 valence electrons. The third-order valence-corrected chi connectivity index (χ3v) is 4.47. The van der Waals surface area contributed by atoms with Gasteiger partial charge in [0, 0.05) is 6.42 Å². The van der Waals surface area contributed by atoms with Gasteiger partial charge in [-0.3, -0.25) is 4.79 Å². The smallest absolute Gasteiger partial charge is 0.224 e. The Bertz CT molecular complexity index is 716. The fraction of sp³-hybridized carbons (Fsp3) is 0.381. The van der Waals surface area contributed by atoms with E-state index in [1.54, 1.807) is 0 Å². The van der Waals surface area contributed by atoms with Crippen molar-refractivity contribution in [2.75, 3.05) is 25.0 Å². The van der Waals surface area contributed by atoms with E-state index in [4.69, 9.17) is 9.47 Å². The topological polar surface area (TPSA) is 59.6 Å². The summed E-state index contributed by atoms with van der Waals surface area (Å²) in [6, 6.07) is 15.0. The molecule has 1 heterocycles. The van der Waals surface area contributed by atoms with E-state index in [1.807, 2.05) is 55.5 Å². The summed E-state index contributed by atoms with van der Waals surface area (Å²) in [6.07, 6.45) is 2.61. The number of ether oxygens (including phenoxy) is 2. The van der Waals surface area contributed by atoms with Crippen molar-refractivity contribution >= 4 is 24.0 Å². The van der Waals surface area contributed by atoms with Crippen molar-refractivity contribution in [3.8, 4) is 17.2 Å². The van der Waals surface area contributed by atoms with E-state index in [1.165, 1.54) is 0 Å². The summed E-state index contributed by atoms with van der Waals surface area (Å²) < 4.78 is 11.4. The van der Waals surface area contributed by atoms with Gasteiger partial charge in [-0.05, 0) is 75.2 Å². The second kappa shape index (κ2) is 10.8. The number of halogens is 1. The van der Waals surface area contributed by atoms with Gasteiger partial charge in [-0.2, -0.15) is 0 Å². The first-order valence-corrected chi connectivity index (χ1v) is 9.25. The van der Waals surface area contributed by atoms with Crippen LogP contribution in [0.1, 0.15) is 26.2 Å². The van der Waals surface area contributed by atoms with E-state index in [2.05, 4.69) is 10.6 Å². The van der Waals surface area contributed by atoms with Crippen molar-refractivity contribution in [2.24, 2.45) is 5.92 Å². The fourth-order valence-corrected chi connectivity index (χ4v) is 3.07. The Morgan fingerprint density at radius 2 is 1.89 bits per heavy atom. The molecule has 1 aliphatic rings. The highest BCUT2D eigenvalue weighted by atomic mass is 35.5. The van der Waals surface area contributed by atoms with Crippen LogP contribution in [0.2, 0.25) is 0 Å². The molecule has 2 N–H and O–H groups in total. The highest BCUT2D eigenvalue weighted by molar-refractivity contribution is 5.92. The number of benzene rings is 2. The quantitative estimate of drug-likeness (QED) is 0.690. The summed E-state index contributed by atoms with van der Waals surface area (Å²) in [7, 11) is 0. The maximum Gasteiger partial charge on any atom is 0.224 e. The van der Waals surface area contributed by atoms with Crippen LogP contribution in [0.4, 0.5) is 5.69 Å². The standard InChI is InChI=1S/C21H26N2O3.ClH/c1-2-25-17-8-10-18(11-9-17)26-20-6-4-3-5-19(20)23-21(24)12-7-16-13-14-22-15-16;/h3-6,8-11,16,22H,2,7,12-15H2,1H3,(H,23,24);1H. The van der Waals surface area contributed by atoms with Crippen LogP contribution in [-0.2, 0) is 4.79 Å². The first-order chi connectivity index (χ1) is 12.7. The van der Waals surface area contributed by atoms with Crippen molar-refractivity contribution in [2.45, 2.75) is 26.2 Å². The number of rotatable bonds is 8. The molecule has 2 aromatic carbocycles. The Labute approximate surface area is 166 Å². The normalized spacial score (nSPS) is 15.7. The second-order valence-corrected chi connectivity index (χ2v) is 6.45. The van der Waals surface area contributed by atoms with Crippen LogP contribution in [0, 0.1) is 5.92 Å². The first-order valence-electron chi connectivity index (χ1n) is 9.25. The number of carbonyl (C=O) groups is 1. The van der Waals surface area contributed by atoms with E-state index in [0.717, 1.165) is 31.7 Å². The van der Waals surface area contributed by atoms with E-state index >= 15 is 0 Å². The largest absolute Gasteiger partial charge is 0.494 e. The first kappa shape index (κ1) is 21.1. The third-order valence-electron chi connectivity index (χ3n) is 4.47. The van der Waals surface area contributed by atoms with Crippen molar-refractivity contribution in [3.05, 3.63) is 48.5 Å². The second-order valence-electron chi connectivity index (χ2n) is 6.45. The van der Waals surface area contributed by atoms with Crippen LogP contribution < -0.4 is 20.1 Å². The maximum absolute atomic E-state index is 12.3. The molecule has 0 bridgehead atoms. The number of para-hydroxylation sites is 2. The van der Waals surface area contributed by atoms with E-state index in [0.29, 0.717) is 36.1 Å². The average molecular weight is 391 g/mol. The van der Waals surface area contributed by atoms with Crippen molar-refractivity contribution < 1.29 is 14.3 Å². The summed E-state index contributed by atoms with van der Waals surface area (Å²) in [5, 5.41) is 6.31. The minimum atomic E-state index is 0. The highest BCUT2D eigenvalue weighted by Crippen LogP contribution is 2.30. The molecule has 0 saturated carbocycles. The third kappa shape index (κ3) is 6.45. The lowest BCUT2D eigenvalue weighted by atomic mass is 10.0. The lowest BCUT2D eigenvalue weighted by Gasteiger charge is -2.13. The van der Waals surface area contributed by atoms with Gasteiger partial charge < -0.3 is 20.1 Å². The molecule has 0 spiro atoms. The molecular formula is C21H27ClN2O3. The Morgan fingerprint density at radius 1 is 1.15 bits per heavy atom. The lowest BCUT2D eigenvalue weighted by Crippen LogP contribution is -2.15. The minimum absolute atomic E-state index is 0. The fourth-order valence-electron chi connectivity index (χ4n) is 3.07. The Kier molecular flexibility index (Phi) is 8.43. The molecule has 0 aliphatic carbocycles. The predicted octanol–water partition coefficient (Wildman–Crippen LogP) is 4.63. The molecule has 1 aliphatic heterocycles. The Morgan fingerprint density at radius 3 is 2.59 bits per heavy atom. The van der Waals surface area contributed by atoms with Gasteiger partial charge in [0.2, 0.25) is 5.91 Å². The zero-order valence-electron chi connectivity index (χ0n) is 15.6. The summed E-state index contributed by atoms with van der Waals surface area (Å²) in [5.74, 6) is 2.78. The van der Waals surface area contributed by atoms with Crippen LogP contribution in [0.3, 0.4) is 0 Å². The molecule has 1 fully saturated rings. The predicted molar refractivity (Wildman–Crippen MR) is 110 cm³/mol. The van der Waals surface area contributed by atoms with Crippen LogP contribution in [0.25, 0.3) is 0 Å². The highest BCUT2D eigenvalue weighted by Gasteiger charge is 2.16. The lowest BCUT2D eigenvalue weighted by molar-refractivity contribution is -0.116. The van der Waals surface area contributed by atoms with Crippen molar-refractivity contribution in [1.82, 2.24) is 5.32 Å². The Balaban J connectivity index is 0.00000261.